The van der Waals surface area contributed by atoms with Gasteiger partial charge < -0.3 is 25.0 Å². The summed E-state index contributed by atoms with van der Waals surface area (Å²) in [7, 11) is 5.56. The number of ether oxygens (including phenoxy) is 2. The van der Waals surface area contributed by atoms with Gasteiger partial charge in [0.2, 0.25) is 5.91 Å². The minimum Gasteiger partial charge on any atom is -0.497 e. The van der Waals surface area contributed by atoms with Crippen LogP contribution >= 0.6 is 0 Å². The smallest absolute Gasteiger partial charge is 0.408 e. The van der Waals surface area contributed by atoms with E-state index in [1.54, 1.807) is 7.11 Å². The number of nitrogens with one attached hydrogen (secondary N) is 2. The zero-order valence-electron chi connectivity index (χ0n) is 19.6. The van der Waals surface area contributed by atoms with Crippen LogP contribution in [0.1, 0.15) is 37.4 Å². The van der Waals surface area contributed by atoms with Crippen LogP contribution in [0.25, 0.3) is 0 Å². The molecule has 7 heteroatoms. The van der Waals surface area contributed by atoms with Gasteiger partial charge in [0.05, 0.1) is 13.2 Å². The molecule has 0 saturated heterocycles. The maximum atomic E-state index is 13.0. The molecule has 0 aliphatic heterocycles. The third-order valence-corrected chi connectivity index (χ3v) is 5.58. The Morgan fingerprint density at radius 2 is 1.69 bits per heavy atom. The summed E-state index contributed by atoms with van der Waals surface area (Å²) in [5.74, 6) is 0.514. The van der Waals surface area contributed by atoms with Gasteiger partial charge in [0.15, 0.2) is 0 Å². The van der Waals surface area contributed by atoms with Crippen molar-refractivity contribution in [2.24, 2.45) is 5.92 Å². The van der Waals surface area contributed by atoms with Crippen molar-refractivity contribution in [3.63, 3.8) is 0 Å². The van der Waals surface area contributed by atoms with Gasteiger partial charge in [0.25, 0.3) is 0 Å². The Bertz CT molecular complexity index is 840. The molecule has 3 atom stereocenters. The Morgan fingerprint density at radius 3 is 2.25 bits per heavy atom. The normalized spacial score (nSPS) is 13.7. The summed E-state index contributed by atoms with van der Waals surface area (Å²) in [6, 6.07) is 16.5. The molecule has 174 valence electrons. The van der Waals surface area contributed by atoms with E-state index in [1.807, 2.05) is 87.4 Å². The van der Waals surface area contributed by atoms with Crippen LogP contribution in [0.15, 0.2) is 54.6 Å². The summed E-state index contributed by atoms with van der Waals surface area (Å²) in [5, 5.41) is 5.75. The molecule has 0 fully saturated rings. The second-order valence-corrected chi connectivity index (χ2v) is 8.07. The monoisotopic (exact) mass is 441 g/mol. The molecule has 0 aromatic heterocycles. The highest BCUT2D eigenvalue weighted by Gasteiger charge is 2.27. The van der Waals surface area contributed by atoms with Crippen molar-refractivity contribution in [2.45, 2.75) is 39.0 Å². The molecule has 2 N–H and O–H groups in total. The average molecular weight is 442 g/mol. The number of carbonyl (C=O) groups excluding carboxylic acids is 2. The lowest BCUT2D eigenvalue weighted by Crippen LogP contribution is -2.51. The van der Waals surface area contributed by atoms with Gasteiger partial charge in [0, 0.05) is 6.54 Å². The van der Waals surface area contributed by atoms with Gasteiger partial charge in [-0.05, 0) is 43.3 Å². The number of alkyl carbamates (subject to hydrolysis) is 1. The maximum Gasteiger partial charge on any atom is 0.408 e. The van der Waals surface area contributed by atoms with E-state index >= 15 is 0 Å². The molecule has 2 aromatic rings. The van der Waals surface area contributed by atoms with Gasteiger partial charge in [-0.1, -0.05) is 62.7 Å². The van der Waals surface area contributed by atoms with E-state index in [9.17, 15) is 9.59 Å². The van der Waals surface area contributed by atoms with Crippen molar-refractivity contribution in [1.82, 2.24) is 15.5 Å². The molecule has 0 bridgehead atoms. The third-order valence-electron chi connectivity index (χ3n) is 5.58. The lowest BCUT2D eigenvalue weighted by molar-refractivity contribution is -0.124. The second-order valence-electron chi connectivity index (χ2n) is 8.07. The minimum atomic E-state index is -0.679. The molecule has 0 aliphatic carbocycles. The Hall–Kier alpha value is -3.06. The van der Waals surface area contributed by atoms with Crippen LogP contribution in [-0.4, -0.2) is 50.7 Å². The van der Waals surface area contributed by atoms with Crippen LogP contribution < -0.4 is 15.4 Å². The van der Waals surface area contributed by atoms with Crippen LogP contribution in [0.5, 0.6) is 5.75 Å². The van der Waals surface area contributed by atoms with Crippen LogP contribution in [0, 0.1) is 5.92 Å². The number of likely N-dealkylation sites (N-methyl/N-ethyl adjacent to an activating group) is 1. The fourth-order valence-corrected chi connectivity index (χ4v) is 3.33. The molecule has 1 unspecified atom stereocenters. The predicted molar refractivity (Wildman–Crippen MR) is 125 cm³/mol. The highest BCUT2D eigenvalue weighted by atomic mass is 16.5. The summed E-state index contributed by atoms with van der Waals surface area (Å²) in [4.78, 5) is 27.4. The van der Waals surface area contributed by atoms with Crippen LogP contribution in [0.2, 0.25) is 0 Å². The first-order valence-corrected chi connectivity index (χ1v) is 10.9. The number of carbonyl (C=O) groups is 2. The number of hydrogen-bond donors (Lipinski definition) is 2. The lowest BCUT2D eigenvalue weighted by atomic mass is 9.98. The molecule has 0 radical (unpaired) electrons. The highest BCUT2D eigenvalue weighted by molar-refractivity contribution is 5.85. The molecular weight excluding hydrogens is 406 g/mol. The Labute approximate surface area is 191 Å². The van der Waals surface area contributed by atoms with E-state index in [0.717, 1.165) is 23.3 Å². The molecule has 0 aliphatic rings. The number of hydrogen-bond acceptors (Lipinski definition) is 5. The van der Waals surface area contributed by atoms with Crippen molar-refractivity contribution in [3.05, 3.63) is 65.7 Å². The van der Waals surface area contributed by atoms with Crippen molar-refractivity contribution in [1.29, 1.82) is 0 Å². The average Bonchev–Trinajstić information content (AvgIpc) is 2.81. The van der Waals surface area contributed by atoms with Gasteiger partial charge in [-0.2, -0.15) is 0 Å². The van der Waals surface area contributed by atoms with E-state index < -0.39 is 12.1 Å². The molecule has 0 saturated carbocycles. The first-order valence-electron chi connectivity index (χ1n) is 10.9. The largest absolute Gasteiger partial charge is 0.497 e. The van der Waals surface area contributed by atoms with Gasteiger partial charge in [-0.15, -0.1) is 0 Å². The number of methoxy groups -OCH3 is 1. The van der Waals surface area contributed by atoms with E-state index in [1.165, 1.54) is 0 Å². The topological polar surface area (TPSA) is 79.9 Å². The van der Waals surface area contributed by atoms with Crippen LogP contribution in [0.3, 0.4) is 0 Å². The molecule has 2 aromatic carbocycles. The Morgan fingerprint density at radius 1 is 1.03 bits per heavy atom. The van der Waals surface area contributed by atoms with Gasteiger partial charge in [0.1, 0.15) is 18.4 Å². The molecule has 0 spiro atoms. The fourth-order valence-electron chi connectivity index (χ4n) is 3.33. The molecule has 7 nitrogen and oxygen atoms in total. The number of benzene rings is 2. The predicted octanol–water partition coefficient (Wildman–Crippen LogP) is 3.76. The van der Waals surface area contributed by atoms with E-state index in [4.69, 9.17) is 9.47 Å². The summed E-state index contributed by atoms with van der Waals surface area (Å²) in [5.41, 5.74) is 1.95. The standard InChI is InChI=1S/C25H35N3O4/c1-6-18(2)23(27-25(30)32-17-19-10-8-7-9-11-19)24(29)26-16-22(28(3)4)20-12-14-21(31-5)15-13-20/h7-15,18,22-23H,6,16-17H2,1-5H3,(H,26,29)(H,27,30)/t18-,22?,23-/m0/s1. The molecule has 32 heavy (non-hydrogen) atoms. The summed E-state index contributed by atoms with van der Waals surface area (Å²) < 4.78 is 10.5. The van der Waals surface area contributed by atoms with Gasteiger partial charge in [-0.25, -0.2) is 4.79 Å². The maximum absolute atomic E-state index is 13.0. The zero-order chi connectivity index (χ0) is 23.5. The van der Waals surface area contributed by atoms with E-state index in [0.29, 0.717) is 6.54 Å². The quantitative estimate of drug-likeness (QED) is 0.555. The zero-order valence-corrected chi connectivity index (χ0v) is 19.6. The highest BCUT2D eigenvalue weighted by Crippen LogP contribution is 2.21. The van der Waals surface area contributed by atoms with Crippen molar-refractivity contribution in [3.8, 4) is 5.75 Å². The van der Waals surface area contributed by atoms with Crippen molar-refractivity contribution >= 4 is 12.0 Å². The SMILES string of the molecule is CC[C@H](C)[C@H](NC(=O)OCc1ccccc1)C(=O)NCC(c1ccc(OC)cc1)N(C)C. The van der Waals surface area contributed by atoms with E-state index in [-0.39, 0.29) is 24.5 Å². The number of rotatable bonds is 11. The summed E-state index contributed by atoms with van der Waals surface area (Å²) >= 11 is 0. The minimum absolute atomic E-state index is 0.0209. The molecule has 0 heterocycles. The van der Waals surface area contributed by atoms with E-state index in [2.05, 4.69) is 10.6 Å². The van der Waals surface area contributed by atoms with Gasteiger partial charge in [-0.3, -0.25) is 4.79 Å². The molecule has 2 rings (SSSR count). The lowest BCUT2D eigenvalue weighted by Gasteiger charge is -2.28. The molecular formula is C25H35N3O4. The Kier molecular flexibility index (Phi) is 10.0. The summed E-state index contributed by atoms with van der Waals surface area (Å²) in [6.45, 7) is 4.49. The second kappa shape index (κ2) is 12.7. The van der Waals surface area contributed by atoms with Crippen LogP contribution in [-0.2, 0) is 16.1 Å². The summed E-state index contributed by atoms with van der Waals surface area (Å²) in [6.07, 6.45) is 0.140. The number of nitrogens with zero attached hydrogens (tertiary/aromatic N) is 1. The fraction of sp³-hybridized carbons (Fsp3) is 0.440. The third kappa shape index (κ3) is 7.57. The first kappa shape index (κ1) is 25.2. The number of amides is 2. The van der Waals surface area contributed by atoms with Crippen LogP contribution in [0.4, 0.5) is 4.79 Å². The van der Waals surface area contributed by atoms with Crippen molar-refractivity contribution < 1.29 is 19.1 Å². The van der Waals surface area contributed by atoms with Crippen molar-refractivity contribution in [2.75, 3.05) is 27.7 Å². The van der Waals surface area contributed by atoms with Gasteiger partial charge >= 0.3 is 6.09 Å². The first-order chi connectivity index (χ1) is 15.3. The Balaban J connectivity index is 1.98. The molecule has 2 amide bonds.